The molecule has 0 atom stereocenters. The highest BCUT2D eigenvalue weighted by Gasteiger charge is 2.18. The summed E-state index contributed by atoms with van der Waals surface area (Å²) in [7, 11) is 0. The Morgan fingerprint density at radius 1 is 1.35 bits per heavy atom. The Labute approximate surface area is 121 Å². The lowest BCUT2D eigenvalue weighted by atomic mass is 10.1. The molecule has 1 fully saturated rings. The van der Waals surface area contributed by atoms with Gasteiger partial charge in [0.2, 0.25) is 0 Å². The molecular formula is C15H18FNO2S. The molecule has 0 saturated carbocycles. The van der Waals surface area contributed by atoms with Crippen LogP contribution in [0.2, 0.25) is 0 Å². The van der Waals surface area contributed by atoms with Crippen LogP contribution in [0.1, 0.15) is 23.3 Å². The van der Waals surface area contributed by atoms with Crippen molar-refractivity contribution in [2.45, 2.75) is 32.1 Å². The molecular weight excluding hydrogens is 277 g/mol. The van der Waals surface area contributed by atoms with Crippen molar-refractivity contribution in [1.29, 1.82) is 0 Å². The van der Waals surface area contributed by atoms with Crippen molar-refractivity contribution >= 4 is 21.4 Å². The van der Waals surface area contributed by atoms with E-state index in [4.69, 9.17) is 15.2 Å². The average molecular weight is 295 g/mol. The Morgan fingerprint density at radius 3 is 2.90 bits per heavy atom. The van der Waals surface area contributed by atoms with Crippen molar-refractivity contribution in [2.24, 2.45) is 5.73 Å². The molecule has 108 valence electrons. The smallest absolute Gasteiger partial charge is 0.132 e. The monoisotopic (exact) mass is 295 g/mol. The van der Waals surface area contributed by atoms with Gasteiger partial charge in [-0.1, -0.05) is 6.07 Å². The summed E-state index contributed by atoms with van der Waals surface area (Å²) in [6.07, 6.45) is 2.02. The van der Waals surface area contributed by atoms with E-state index in [9.17, 15) is 4.39 Å². The molecule has 2 N–H and O–H groups in total. The lowest BCUT2D eigenvalue weighted by Gasteiger charge is -2.22. The molecule has 2 heterocycles. The van der Waals surface area contributed by atoms with Crippen molar-refractivity contribution < 1.29 is 13.9 Å². The normalized spacial score (nSPS) is 16.9. The first-order valence-electron chi connectivity index (χ1n) is 6.87. The first-order valence-corrected chi connectivity index (χ1v) is 7.69. The zero-order valence-corrected chi connectivity index (χ0v) is 12.0. The van der Waals surface area contributed by atoms with E-state index in [0.29, 0.717) is 18.5 Å². The van der Waals surface area contributed by atoms with Gasteiger partial charge in [-0.3, -0.25) is 0 Å². The molecule has 1 aliphatic rings. The van der Waals surface area contributed by atoms with Gasteiger partial charge in [0.15, 0.2) is 0 Å². The molecule has 0 radical (unpaired) electrons. The Balaban J connectivity index is 1.85. The molecule has 1 aliphatic heterocycles. The van der Waals surface area contributed by atoms with Crippen LogP contribution in [0, 0.1) is 5.82 Å². The fourth-order valence-electron chi connectivity index (χ4n) is 2.58. The van der Waals surface area contributed by atoms with E-state index in [1.807, 2.05) is 6.07 Å². The van der Waals surface area contributed by atoms with Gasteiger partial charge < -0.3 is 15.2 Å². The van der Waals surface area contributed by atoms with Gasteiger partial charge in [0.1, 0.15) is 5.82 Å². The summed E-state index contributed by atoms with van der Waals surface area (Å²) in [6, 6.07) is 5.16. The van der Waals surface area contributed by atoms with Crippen LogP contribution in [-0.4, -0.2) is 19.3 Å². The third-order valence-electron chi connectivity index (χ3n) is 3.66. The van der Waals surface area contributed by atoms with Gasteiger partial charge in [0.05, 0.1) is 12.7 Å². The number of hydrogen-bond donors (Lipinski definition) is 1. The average Bonchev–Trinajstić information content (AvgIpc) is 2.85. The minimum atomic E-state index is -0.191. The van der Waals surface area contributed by atoms with Crippen LogP contribution in [0.15, 0.2) is 18.2 Å². The maximum absolute atomic E-state index is 14.1. The van der Waals surface area contributed by atoms with Crippen molar-refractivity contribution in [2.75, 3.05) is 13.2 Å². The van der Waals surface area contributed by atoms with Crippen LogP contribution in [0.3, 0.4) is 0 Å². The highest BCUT2D eigenvalue weighted by atomic mass is 32.1. The van der Waals surface area contributed by atoms with Gasteiger partial charge >= 0.3 is 0 Å². The Kier molecular flexibility index (Phi) is 4.31. The predicted molar refractivity (Wildman–Crippen MR) is 78.3 cm³/mol. The molecule has 0 bridgehead atoms. The Bertz CT molecular complexity index is 593. The van der Waals surface area contributed by atoms with E-state index in [0.717, 1.165) is 41.2 Å². The lowest BCUT2D eigenvalue weighted by Crippen LogP contribution is -2.23. The maximum atomic E-state index is 14.1. The second kappa shape index (κ2) is 6.18. The second-order valence-corrected chi connectivity index (χ2v) is 6.08. The number of hydrogen-bond acceptors (Lipinski definition) is 4. The maximum Gasteiger partial charge on any atom is 0.132 e. The summed E-state index contributed by atoms with van der Waals surface area (Å²) in [6.45, 7) is 2.34. The molecule has 0 spiro atoms. The lowest BCUT2D eigenvalue weighted by molar-refractivity contribution is -0.0388. The molecule has 3 rings (SSSR count). The first-order chi connectivity index (χ1) is 9.79. The summed E-state index contributed by atoms with van der Waals surface area (Å²) >= 11 is 1.55. The van der Waals surface area contributed by atoms with Crippen LogP contribution in [0.5, 0.6) is 0 Å². The van der Waals surface area contributed by atoms with Crippen LogP contribution < -0.4 is 5.73 Å². The van der Waals surface area contributed by atoms with Crippen molar-refractivity contribution in [3.63, 3.8) is 0 Å². The molecule has 1 aromatic heterocycles. The number of thiophene rings is 1. The van der Waals surface area contributed by atoms with Gasteiger partial charge in [0.25, 0.3) is 0 Å². The van der Waals surface area contributed by atoms with Crippen LogP contribution in [-0.2, 0) is 22.6 Å². The highest BCUT2D eigenvalue weighted by Crippen LogP contribution is 2.34. The first kappa shape index (κ1) is 13.9. The summed E-state index contributed by atoms with van der Waals surface area (Å²) in [5.74, 6) is -0.191. The Hall–Kier alpha value is -1.01. The molecule has 20 heavy (non-hydrogen) atoms. The van der Waals surface area contributed by atoms with Gasteiger partial charge in [-0.25, -0.2) is 4.39 Å². The minimum absolute atomic E-state index is 0.191. The quantitative estimate of drug-likeness (QED) is 0.942. The van der Waals surface area contributed by atoms with E-state index in [2.05, 4.69) is 0 Å². The van der Waals surface area contributed by atoms with Crippen molar-refractivity contribution in [3.05, 3.63) is 34.5 Å². The zero-order valence-electron chi connectivity index (χ0n) is 11.2. The summed E-state index contributed by atoms with van der Waals surface area (Å²) in [4.78, 5) is 1.01. The Morgan fingerprint density at radius 2 is 2.15 bits per heavy atom. The largest absolute Gasteiger partial charge is 0.381 e. The van der Waals surface area contributed by atoms with Crippen molar-refractivity contribution in [3.8, 4) is 0 Å². The van der Waals surface area contributed by atoms with Crippen LogP contribution >= 0.6 is 11.3 Å². The third kappa shape index (κ3) is 2.72. The third-order valence-corrected chi connectivity index (χ3v) is 4.88. The molecule has 5 heteroatoms. The fraction of sp³-hybridized carbons (Fsp3) is 0.467. The van der Waals surface area contributed by atoms with Gasteiger partial charge in [-0.2, -0.15) is 0 Å². The number of rotatable bonds is 4. The number of halogens is 1. The molecule has 1 aromatic carbocycles. The molecule has 3 nitrogen and oxygen atoms in total. The van der Waals surface area contributed by atoms with Crippen LogP contribution in [0.4, 0.5) is 4.39 Å². The highest BCUT2D eigenvalue weighted by molar-refractivity contribution is 7.19. The van der Waals surface area contributed by atoms with Crippen molar-refractivity contribution in [1.82, 2.24) is 0 Å². The summed E-state index contributed by atoms with van der Waals surface area (Å²) in [5.41, 5.74) is 6.70. The SMILES string of the molecule is NCc1sc2cccc(F)c2c1COC1CCOCC1. The standard InChI is InChI=1S/C15H18FNO2S/c16-12-2-1-3-13-15(12)11(14(8-17)20-13)9-19-10-4-6-18-7-5-10/h1-3,10H,4-9,17H2. The fourth-order valence-corrected chi connectivity index (χ4v) is 3.68. The molecule has 2 aromatic rings. The van der Waals surface area contributed by atoms with Gasteiger partial charge in [-0.15, -0.1) is 11.3 Å². The number of nitrogens with two attached hydrogens (primary N) is 1. The molecule has 0 amide bonds. The number of ether oxygens (including phenoxy) is 2. The number of fused-ring (bicyclic) bond motifs is 1. The van der Waals surface area contributed by atoms with Gasteiger partial charge in [-0.05, 0) is 25.0 Å². The summed E-state index contributed by atoms with van der Waals surface area (Å²) in [5, 5.41) is 0.671. The van der Waals surface area contributed by atoms with E-state index < -0.39 is 0 Å². The van der Waals surface area contributed by atoms with Gasteiger partial charge in [0, 0.05) is 40.3 Å². The second-order valence-electron chi connectivity index (χ2n) is 4.94. The topological polar surface area (TPSA) is 44.5 Å². The number of benzene rings is 1. The van der Waals surface area contributed by atoms with E-state index in [1.54, 1.807) is 17.4 Å². The molecule has 0 aliphatic carbocycles. The van der Waals surface area contributed by atoms with Crippen LogP contribution in [0.25, 0.3) is 10.1 Å². The molecule has 1 saturated heterocycles. The molecule has 0 unspecified atom stereocenters. The van der Waals surface area contributed by atoms with E-state index in [-0.39, 0.29) is 11.9 Å². The van der Waals surface area contributed by atoms with E-state index in [1.165, 1.54) is 6.07 Å². The van der Waals surface area contributed by atoms with E-state index >= 15 is 0 Å². The zero-order chi connectivity index (χ0) is 13.9. The summed E-state index contributed by atoms with van der Waals surface area (Å²) < 4.78 is 26.2. The minimum Gasteiger partial charge on any atom is -0.381 e. The predicted octanol–water partition coefficient (Wildman–Crippen LogP) is 3.19.